The molecule has 0 N–H and O–H groups in total. The molecule has 0 bridgehead atoms. The van der Waals surface area contributed by atoms with E-state index < -0.39 is 0 Å². The topological polar surface area (TPSA) is 38.8 Å². The molecule has 1 aromatic carbocycles. The molecule has 0 aliphatic heterocycles. The summed E-state index contributed by atoms with van der Waals surface area (Å²) >= 11 is 0. The zero-order chi connectivity index (χ0) is 19.8. The minimum absolute atomic E-state index is 0.0850. The van der Waals surface area contributed by atoms with Gasteiger partial charge in [0.1, 0.15) is 12.4 Å². The summed E-state index contributed by atoms with van der Waals surface area (Å²) in [6.07, 6.45) is 1.13. The van der Waals surface area contributed by atoms with E-state index in [9.17, 15) is 4.79 Å². The van der Waals surface area contributed by atoms with Gasteiger partial charge in [0.05, 0.1) is 13.2 Å². The fraction of sp³-hybridized carbons (Fsp3) is 0.682. The minimum atomic E-state index is 0.0850. The molecule has 0 radical (unpaired) electrons. The maximum Gasteiger partial charge on any atom is 0.219 e. The summed E-state index contributed by atoms with van der Waals surface area (Å²) in [7, 11) is 0. The van der Waals surface area contributed by atoms with Gasteiger partial charge in [-0.15, -0.1) is 0 Å². The van der Waals surface area contributed by atoms with Crippen LogP contribution in [-0.4, -0.2) is 43.7 Å². The molecule has 0 aromatic heterocycles. The van der Waals surface area contributed by atoms with Gasteiger partial charge in [0.2, 0.25) is 5.91 Å². The first-order valence-electron chi connectivity index (χ1n) is 9.62. The smallest absolute Gasteiger partial charge is 0.219 e. The van der Waals surface area contributed by atoms with Crippen LogP contribution in [0.4, 0.5) is 0 Å². The Labute approximate surface area is 159 Å². The lowest BCUT2D eigenvalue weighted by Crippen LogP contribution is -2.32. The summed E-state index contributed by atoms with van der Waals surface area (Å²) < 4.78 is 11.3. The molecule has 0 saturated heterocycles. The second-order valence-corrected chi connectivity index (χ2v) is 8.71. The molecule has 0 aliphatic rings. The van der Waals surface area contributed by atoms with E-state index in [1.165, 1.54) is 5.56 Å². The van der Waals surface area contributed by atoms with Crippen LogP contribution in [0.1, 0.15) is 60.5 Å². The van der Waals surface area contributed by atoms with Gasteiger partial charge in [-0.05, 0) is 41.9 Å². The van der Waals surface area contributed by atoms with E-state index in [4.69, 9.17) is 9.47 Å². The number of carbonyl (C=O) groups excluding carboxylic acids is 1. The quantitative estimate of drug-likeness (QED) is 0.567. The number of hydrogen-bond acceptors (Lipinski definition) is 3. The zero-order valence-corrected chi connectivity index (χ0v) is 17.7. The Bertz CT molecular complexity index is 544. The predicted molar refractivity (Wildman–Crippen MR) is 108 cm³/mol. The van der Waals surface area contributed by atoms with E-state index in [1.54, 1.807) is 11.8 Å². The van der Waals surface area contributed by atoms with Crippen LogP contribution in [-0.2, 0) is 14.9 Å². The van der Waals surface area contributed by atoms with Crippen LogP contribution in [0.25, 0.3) is 0 Å². The molecule has 4 nitrogen and oxygen atoms in total. The second kappa shape index (κ2) is 9.96. The van der Waals surface area contributed by atoms with Gasteiger partial charge in [-0.25, -0.2) is 0 Å². The molecule has 0 saturated carbocycles. The maximum absolute atomic E-state index is 11.3. The average molecular weight is 364 g/mol. The molecule has 0 fully saturated rings. The van der Waals surface area contributed by atoms with Crippen molar-refractivity contribution in [3.8, 4) is 5.75 Å². The van der Waals surface area contributed by atoms with E-state index in [0.29, 0.717) is 38.3 Å². The van der Waals surface area contributed by atoms with Gasteiger partial charge >= 0.3 is 0 Å². The highest BCUT2D eigenvalue weighted by Gasteiger charge is 2.27. The number of carbonyl (C=O) groups is 1. The first-order chi connectivity index (χ1) is 12.0. The monoisotopic (exact) mass is 363 g/mol. The van der Waals surface area contributed by atoms with Crippen LogP contribution < -0.4 is 4.74 Å². The maximum atomic E-state index is 11.3. The summed E-state index contributed by atoms with van der Waals surface area (Å²) in [6.45, 7) is 17.9. The van der Waals surface area contributed by atoms with Gasteiger partial charge in [-0.1, -0.05) is 46.8 Å². The molecule has 0 spiro atoms. The van der Waals surface area contributed by atoms with E-state index in [0.717, 1.165) is 12.2 Å². The fourth-order valence-electron chi connectivity index (χ4n) is 3.46. The molecule has 0 unspecified atom stereocenters. The highest BCUT2D eigenvalue weighted by molar-refractivity contribution is 5.73. The standard InChI is InChI=1S/C22H37NO3/c1-8-23(18(2)24)13-14-25-15-16-26-20-11-9-19(10-12-20)22(6,7)17-21(3,4)5/h9-12H,8,13-17H2,1-7H3. The van der Waals surface area contributed by atoms with Gasteiger partial charge in [0.15, 0.2) is 0 Å². The van der Waals surface area contributed by atoms with Crippen molar-refractivity contribution in [2.45, 2.75) is 60.3 Å². The van der Waals surface area contributed by atoms with Crippen LogP contribution in [0, 0.1) is 5.41 Å². The molecule has 1 rings (SSSR count). The minimum Gasteiger partial charge on any atom is -0.491 e. The summed E-state index contributed by atoms with van der Waals surface area (Å²) in [6, 6.07) is 8.39. The number of amides is 1. The molecule has 4 heteroatoms. The van der Waals surface area contributed by atoms with Gasteiger partial charge in [-0.2, -0.15) is 0 Å². The summed E-state index contributed by atoms with van der Waals surface area (Å²) in [5.74, 6) is 0.949. The van der Waals surface area contributed by atoms with Gasteiger partial charge in [0, 0.05) is 20.0 Å². The average Bonchev–Trinajstić information content (AvgIpc) is 2.52. The summed E-state index contributed by atoms with van der Waals surface area (Å²) in [5.41, 5.74) is 1.77. The van der Waals surface area contributed by atoms with Gasteiger partial charge in [0.25, 0.3) is 0 Å². The van der Waals surface area contributed by atoms with Crippen molar-refractivity contribution in [3.63, 3.8) is 0 Å². The third kappa shape index (κ3) is 8.22. The lowest BCUT2D eigenvalue weighted by atomic mass is 9.72. The number of likely N-dealkylation sites (N-methyl/N-ethyl adjacent to an activating group) is 1. The number of nitrogens with zero attached hydrogens (tertiary/aromatic N) is 1. The Morgan fingerprint density at radius 2 is 1.62 bits per heavy atom. The molecule has 0 heterocycles. The lowest BCUT2D eigenvalue weighted by Gasteiger charge is -2.33. The third-order valence-electron chi connectivity index (χ3n) is 4.44. The largest absolute Gasteiger partial charge is 0.491 e. The van der Waals surface area contributed by atoms with Crippen LogP contribution in [0.15, 0.2) is 24.3 Å². The Balaban J connectivity index is 2.36. The summed E-state index contributed by atoms with van der Waals surface area (Å²) in [4.78, 5) is 13.1. The van der Waals surface area contributed by atoms with Crippen molar-refractivity contribution in [3.05, 3.63) is 29.8 Å². The molecule has 0 atom stereocenters. The molecular weight excluding hydrogens is 326 g/mol. The Morgan fingerprint density at radius 1 is 1.00 bits per heavy atom. The fourth-order valence-corrected chi connectivity index (χ4v) is 3.46. The number of benzene rings is 1. The van der Waals surface area contributed by atoms with Crippen molar-refractivity contribution in [1.29, 1.82) is 0 Å². The van der Waals surface area contributed by atoms with Crippen molar-refractivity contribution in [2.75, 3.05) is 32.9 Å². The zero-order valence-electron chi connectivity index (χ0n) is 17.7. The molecule has 0 aliphatic carbocycles. The van der Waals surface area contributed by atoms with Crippen LogP contribution in [0.2, 0.25) is 0 Å². The van der Waals surface area contributed by atoms with E-state index in [-0.39, 0.29) is 11.3 Å². The predicted octanol–water partition coefficient (Wildman–Crippen LogP) is 4.66. The van der Waals surface area contributed by atoms with Crippen molar-refractivity contribution >= 4 is 5.91 Å². The van der Waals surface area contributed by atoms with E-state index in [2.05, 4.69) is 46.8 Å². The van der Waals surface area contributed by atoms with Gasteiger partial charge in [-0.3, -0.25) is 4.79 Å². The van der Waals surface area contributed by atoms with Crippen molar-refractivity contribution < 1.29 is 14.3 Å². The SMILES string of the molecule is CCN(CCOCCOc1ccc(C(C)(C)CC(C)(C)C)cc1)C(C)=O. The molecule has 1 amide bonds. The first kappa shape index (κ1) is 22.5. The van der Waals surface area contributed by atoms with Crippen molar-refractivity contribution in [2.24, 2.45) is 5.41 Å². The normalized spacial score (nSPS) is 12.1. The van der Waals surface area contributed by atoms with Gasteiger partial charge < -0.3 is 14.4 Å². The molecular formula is C22H37NO3. The number of ether oxygens (including phenoxy) is 2. The number of rotatable bonds is 10. The highest BCUT2D eigenvalue weighted by Crippen LogP contribution is 2.36. The second-order valence-electron chi connectivity index (χ2n) is 8.71. The Hall–Kier alpha value is -1.55. The first-order valence-corrected chi connectivity index (χ1v) is 9.62. The summed E-state index contributed by atoms with van der Waals surface area (Å²) in [5, 5.41) is 0. The molecule has 148 valence electrons. The molecule has 26 heavy (non-hydrogen) atoms. The van der Waals surface area contributed by atoms with Crippen molar-refractivity contribution in [1.82, 2.24) is 4.90 Å². The van der Waals surface area contributed by atoms with Crippen LogP contribution in [0.5, 0.6) is 5.75 Å². The Morgan fingerprint density at radius 3 is 2.12 bits per heavy atom. The molecule has 1 aromatic rings. The Kier molecular flexibility index (Phi) is 8.61. The van der Waals surface area contributed by atoms with E-state index >= 15 is 0 Å². The third-order valence-corrected chi connectivity index (χ3v) is 4.44. The highest BCUT2D eigenvalue weighted by atomic mass is 16.5. The van der Waals surface area contributed by atoms with Crippen LogP contribution in [0.3, 0.4) is 0 Å². The van der Waals surface area contributed by atoms with E-state index in [1.807, 2.05) is 19.1 Å². The lowest BCUT2D eigenvalue weighted by molar-refractivity contribution is -0.129. The number of hydrogen-bond donors (Lipinski definition) is 0. The van der Waals surface area contributed by atoms with Crippen LogP contribution >= 0.6 is 0 Å².